The average Bonchev–Trinajstić information content (AvgIpc) is 3.10. The Bertz CT molecular complexity index is 1150. The monoisotopic (exact) mass is 517 g/mol. The number of hydrogen-bond acceptors (Lipinski definition) is 8. The van der Waals surface area contributed by atoms with Crippen LogP contribution in [0.4, 0.5) is 5.82 Å². The molecule has 0 aromatic carbocycles. The Balaban J connectivity index is 2.09. The molecule has 188 valence electrons. The molecule has 0 unspecified atom stereocenters. The highest BCUT2D eigenvalue weighted by Crippen LogP contribution is 2.36. The standard InChI is InChI=1S/C24H31N5O4S2/c1-4-8-28-21(27-12-10-26(5-2)11-13-27)17(16(3)18(15-25)22(28)32)14-19-23(33)29(24(34)35-19)9-6-7-20(30)31/h14H,4-13H2,1-3H3,(H,30,31)/b19-14-. The number of carboxylic acids is 1. The molecule has 0 aliphatic carbocycles. The van der Waals surface area contributed by atoms with Crippen LogP contribution in [0.5, 0.6) is 0 Å². The number of nitriles is 1. The van der Waals surface area contributed by atoms with Crippen molar-refractivity contribution in [2.24, 2.45) is 0 Å². The lowest BCUT2D eigenvalue weighted by Crippen LogP contribution is -2.48. The number of amides is 1. The topological polar surface area (TPSA) is 110 Å². The van der Waals surface area contributed by atoms with E-state index in [1.54, 1.807) is 17.6 Å². The Morgan fingerprint density at radius 1 is 1.20 bits per heavy atom. The quantitative estimate of drug-likeness (QED) is 0.390. The third-order valence-electron chi connectivity index (χ3n) is 6.33. The molecule has 2 fully saturated rings. The van der Waals surface area contributed by atoms with Gasteiger partial charge >= 0.3 is 5.97 Å². The van der Waals surface area contributed by atoms with Crippen LogP contribution in [0.2, 0.25) is 0 Å². The second-order valence-corrected chi connectivity index (χ2v) is 10.2. The van der Waals surface area contributed by atoms with Gasteiger partial charge in [0.25, 0.3) is 11.5 Å². The Morgan fingerprint density at radius 3 is 2.46 bits per heavy atom. The first-order chi connectivity index (χ1) is 16.7. The van der Waals surface area contributed by atoms with Crippen molar-refractivity contribution in [2.75, 3.05) is 44.2 Å². The second kappa shape index (κ2) is 11.8. The Hall–Kier alpha value is -2.68. The van der Waals surface area contributed by atoms with Gasteiger partial charge in [0.2, 0.25) is 0 Å². The zero-order chi connectivity index (χ0) is 25.7. The van der Waals surface area contributed by atoms with Gasteiger partial charge in [-0.2, -0.15) is 5.26 Å². The Labute approximate surface area is 215 Å². The van der Waals surface area contributed by atoms with Crippen LogP contribution >= 0.6 is 24.0 Å². The van der Waals surface area contributed by atoms with Crippen molar-refractivity contribution in [2.45, 2.75) is 46.6 Å². The summed E-state index contributed by atoms with van der Waals surface area (Å²) in [5, 5.41) is 18.7. The number of carbonyl (C=O) groups is 2. The first kappa shape index (κ1) is 26.9. The zero-order valence-electron chi connectivity index (χ0n) is 20.4. The second-order valence-electron chi connectivity index (χ2n) is 8.56. The molecule has 0 spiro atoms. The van der Waals surface area contributed by atoms with E-state index in [1.807, 2.05) is 6.92 Å². The van der Waals surface area contributed by atoms with Gasteiger partial charge in [-0.15, -0.1) is 0 Å². The van der Waals surface area contributed by atoms with Crippen molar-refractivity contribution in [1.29, 1.82) is 5.26 Å². The minimum atomic E-state index is -0.920. The number of thiocarbonyl (C=S) groups is 1. The minimum Gasteiger partial charge on any atom is -0.481 e. The lowest BCUT2D eigenvalue weighted by atomic mass is 10.0. The number of nitrogens with zero attached hydrogens (tertiary/aromatic N) is 5. The number of rotatable bonds is 9. The summed E-state index contributed by atoms with van der Waals surface area (Å²) < 4.78 is 2.05. The fourth-order valence-electron chi connectivity index (χ4n) is 4.40. The summed E-state index contributed by atoms with van der Waals surface area (Å²) in [4.78, 5) is 43.6. The molecule has 35 heavy (non-hydrogen) atoms. The minimum absolute atomic E-state index is 0.0450. The van der Waals surface area contributed by atoms with E-state index in [2.05, 4.69) is 22.8 Å². The number of carbonyl (C=O) groups excluding carboxylic acids is 1. The van der Waals surface area contributed by atoms with E-state index in [0.717, 1.165) is 56.7 Å². The third kappa shape index (κ3) is 5.77. The molecule has 0 bridgehead atoms. The van der Waals surface area contributed by atoms with Gasteiger partial charge < -0.3 is 14.9 Å². The number of aliphatic carboxylic acids is 1. The molecule has 0 radical (unpaired) electrons. The van der Waals surface area contributed by atoms with Crippen LogP contribution in [0.1, 0.15) is 49.8 Å². The fraction of sp³-hybridized carbons (Fsp3) is 0.542. The molecule has 0 atom stereocenters. The van der Waals surface area contributed by atoms with Crippen molar-refractivity contribution < 1.29 is 14.7 Å². The van der Waals surface area contributed by atoms with E-state index < -0.39 is 5.97 Å². The van der Waals surface area contributed by atoms with Gasteiger partial charge in [-0.1, -0.05) is 37.8 Å². The predicted octanol–water partition coefficient (Wildman–Crippen LogP) is 2.65. The number of piperazine rings is 1. The number of pyridine rings is 1. The maximum Gasteiger partial charge on any atom is 0.303 e. The molecule has 3 heterocycles. The number of aromatic nitrogens is 1. The van der Waals surface area contributed by atoms with E-state index in [-0.39, 0.29) is 30.0 Å². The van der Waals surface area contributed by atoms with E-state index in [0.29, 0.717) is 33.3 Å². The van der Waals surface area contributed by atoms with E-state index in [9.17, 15) is 19.6 Å². The maximum atomic E-state index is 13.3. The van der Waals surface area contributed by atoms with Gasteiger partial charge in [0.05, 0.1) is 4.91 Å². The molecule has 9 nitrogen and oxygen atoms in total. The van der Waals surface area contributed by atoms with Gasteiger partial charge in [-0.05, 0) is 37.9 Å². The first-order valence-corrected chi connectivity index (χ1v) is 13.1. The van der Waals surface area contributed by atoms with E-state index in [4.69, 9.17) is 17.3 Å². The third-order valence-corrected chi connectivity index (χ3v) is 7.71. The highest BCUT2D eigenvalue weighted by Gasteiger charge is 2.33. The Morgan fingerprint density at radius 2 is 1.89 bits per heavy atom. The Kier molecular flexibility index (Phi) is 9.10. The predicted molar refractivity (Wildman–Crippen MR) is 142 cm³/mol. The van der Waals surface area contributed by atoms with Gasteiger partial charge in [0.15, 0.2) is 0 Å². The van der Waals surface area contributed by atoms with Gasteiger partial charge in [0, 0.05) is 51.3 Å². The number of hydrogen-bond donors (Lipinski definition) is 1. The molecular formula is C24H31N5O4S2. The largest absolute Gasteiger partial charge is 0.481 e. The molecule has 1 aromatic heterocycles. The number of likely N-dealkylation sites (N-methyl/N-ethyl adjacent to an activating group) is 1. The van der Waals surface area contributed by atoms with Crippen LogP contribution < -0.4 is 10.5 Å². The van der Waals surface area contributed by atoms with Gasteiger partial charge in [0.1, 0.15) is 21.8 Å². The van der Waals surface area contributed by atoms with Crippen LogP contribution in [0.3, 0.4) is 0 Å². The molecule has 1 amide bonds. The van der Waals surface area contributed by atoms with Crippen LogP contribution in [0, 0.1) is 18.3 Å². The molecule has 1 N–H and O–H groups in total. The summed E-state index contributed by atoms with van der Waals surface area (Å²) in [6.45, 7) is 10.7. The summed E-state index contributed by atoms with van der Waals surface area (Å²) in [5.41, 5.74) is 1.01. The number of carboxylic acid groups (broad SMARTS) is 1. The number of thioether (sulfide) groups is 1. The molecule has 11 heteroatoms. The van der Waals surface area contributed by atoms with Gasteiger partial charge in [-0.25, -0.2) is 0 Å². The first-order valence-electron chi connectivity index (χ1n) is 11.8. The molecule has 0 saturated carbocycles. The van der Waals surface area contributed by atoms with Crippen LogP contribution in [0.25, 0.3) is 6.08 Å². The summed E-state index contributed by atoms with van der Waals surface area (Å²) >= 11 is 6.56. The summed E-state index contributed by atoms with van der Waals surface area (Å²) in [7, 11) is 0. The molecular weight excluding hydrogens is 486 g/mol. The SMILES string of the molecule is CCCn1c(N2CCN(CC)CC2)c(/C=C2\SC(=S)N(CCCC(=O)O)C2=O)c(C)c(C#N)c1=O. The van der Waals surface area contributed by atoms with Crippen LogP contribution in [-0.4, -0.2) is 74.9 Å². The van der Waals surface area contributed by atoms with Crippen LogP contribution in [-0.2, 0) is 16.1 Å². The van der Waals surface area contributed by atoms with Crippen molar-refractivity contribution in [3.63, 3.8) is 0 Å². The lowest BCUT2D eigenvalue weighted by molar-refractivity contribution is -0.137. The lowest BCUT2D eigenvalue weighted by Gasteiger charge is -2.37. The summed E-state index contributed by atoms with van der Waals surface area (Å²) in [6, 6.07) is 2.07. The fourth-order valence-corrected chi connectivity index (χ4v) is 5.69. The van der Waals surface area contributed by atoms with E-state index >= 15 is 0 Å². The van der Waals surface area contributed by atoms with Gasteiger partial charge in [-0.3, -0.25) is 23.9 Å². The van der Waals surface area contributed by atoms with Crippen molar-refractivity contribution in [3.05, 3.63) is 31.9 Å². The molecule has 1 aromatic rings. The highest BCUT2D eigenvalue weighted by atomic mass is 32.2. The van der Waals surface area contributed by atoms with Crippen LogP contribution in [0.15, 0.2) is 9.70 Å². The highest BCUT2D eigenvalue weighted by molar-refractivity contribution is 8.26. The van der Waals surface area contributed by atoms with Crippen molar-refractivity contribution in [1.82, 2.24) is 14.4 Å². The summed E-state index contributed by atoms with van der Waals surface area (Å²) in [6.07, 6.45) is 2.73. The van der Waals surface area contributed by atoms with Crippen molar-refractivity contribution >= 4 is 52.1 Å². The summed E-state index contributed by atoms with van der Waals surface area (Å²) in [5.74, 6) is -0.463. The van der Waals surface area contributed by atoms with Crippen molar-refractivity contribution in [3.8, 4) is 6.07 Å². The molecule has 2 saturated heterocycles. The maximum absolute atomic E-state index is 13.3. The normalized spacial score (nSPS) is 17.9. The zero-order valence-corrected chi connectivity index (χ0v) is 22.0. The average molecular weight is 518 g/mol. The number of anilines is 1. The molecule has 3 rings (SSSR count). The van der Waals surface area contributed by atoms with E-state index in [1.165, 1.54) is 4.90 Å². The molecule has 2 aliphatic heterocycles. The molecule has 2 aliphatic rings. The smallest absolute Gasteiger partial charge is 0.303 e.